The predicted molar refractivity (Wildman–Crippen MR) is 66.4 cm³/mol. The fourth-order valence-electron chi connectivity index (χ4n) is 2.31. The standard InChI is InChI=1S/C13H27NO2/c1-11(16)13(2,3)10-14-8-6-4-5-7-12(14)9-15/h11-12,15-16H,4-10H2,1-3H3. The average molecular weight is 229 g/mol. The van der Waals surface area contributed by atoms with Crippen LogP contribution in [0.3, 0.4) is 0 Å². The first-order chi connectivity index (χ1) is 7.47. The van der Waals surface area contributed by atoms with Crippen LogP contribution in [0, 0.1) is 5.41 Å². The van der Waals surface area contributed by atoms with E-state index in [0.717, 1.165) is 19.5 Å². The van der Waals surface area contributed by atoms with Crippen LogP contribution < -0.4 is 0 Å². The van der Waals surface area contributed by atoms with Crippen LogP contribution in [0.1, 0.15) is 46.5 Å². The van der Waals surface area contributed by atoms with E-state index in [2.05, 4.69) is 18.7 Å². The highest BCUT2D eigenvalue weighted by Gasteiger charge is 2.30. The van der Waals surface area contributed by atoms with E-state index in [1.165, 1.54) is 19.3 Å². The second-order valence-corrected chi connectivity index (χ2v) is 5.82. The smallest absolute Gasteiger partial charge is 0.0586 e. The second kappa shape index (κ2) is 5.99. The summed E-state index contributed by atoms with van der Waals surface area (Å²) in [5.74, 6) is 0. The minimum Gasteiger partial charge on any atom is -0.395 e. The van der Waals surface area contributed by atoms with Gasteiger partial charge in [-0.2, -0.15) is 0 Å². The summed E-state index contributed by atoms with van der Waals surface area (Å²) in [6, 6.07) is 0.292. The molecule has 0 radical (unpaired) electrons. The summed E-state index contributed by atoms with van der Waals surface area (Å²) in [5.41, 5.74) is -0.0994. The molecule has 96 valence electrons. The molecule has 0 spiro atoms. The van der Waals surface area contributed by atoms with Crippen LogP contribution in [0.4, 0.5) is 0 Å². The molecule has 0 amide bonds. The van der Waals surface area contributed by atoms with Gasteiger partial charge in [0, 0.05) is 18.0 Å². The van der Waals surface area contributed by atoms with Gasteiger partial charge in [0.05, 0.1) is 12.7 Å². The van der Waals surface area contributed by atoms with E-state index in [1.54, 1.807) is 0 Å². The van der Waals surface area contributed by atoms with Crippen LogP contribution in [-0.2, 0) is 0 Å². The second-order valence-electron chi connectivity index (χ2n) is 5.82. The molecule has 1 heterocycles. The quantitative estimate of drug-likeness (QED) is 0.770. The third-order valence-corrected chi connectivity index (χ3v) is 3.95. The normalized spacial score (nSPS) is 26.4. The monoisotopic (exact) mass is 229 g/mol. The van der Waals surface area contributed by atoms with Crippen molar-refractivity contribution in [3.05, 3.63) is 0 Å². The largest absolute Gasteiger partial charge is 0.395 e. The Hall–Kier alpha value is -0.120. The molecule has 0 saturated carbocycles. The summed E-state index contributed by atoms with van der Waals surface area (Å²) in [4.78, 5) is 2.36. The molecule has 1 saturated heterocycles. The lowest BCUT2D eigenvalue weighted by Crippen LogP contribution is -2.46. The van der Waals surface area contributed by atoms with Gasteiger partial charge >= 0.3 is 0 Å². The highest BCUT2D eigenvalue weighted by molar-refractivity contribution is 4.83. The molecule has 1 fully saturated rings. The average Bonchev–Trinajstić information content (AvgIpc) is 2.42. The number of hydrogen-bond acceptors (Lipinski definition) is 3. The van der Waals surface area contributed by atoms with Gasteiger partial charge in [-0.3, -0.25) is 4.90 Å². The molecule has 3 heteroatoms. The van der Waals surface area contributed by atoms with Gasteiger partial charge in [0.25, 0.3) is 0 Å². The van der Waals surface area contributed by atoms with E-state index in [4.69, 9.17) is 0 Å². The zero-order chi connectivity index (χ0) is 12.2. The molecule has 0 aliphatic carbocycles. The molecule has 1 aliphatic rings. The molecular formula is C13H27NO2. The van der Waals surface area contributed by atoms with Gasteiger partial charge in [-0.25, -0.2) is 0 Å². The van der Waals surface area contributed by atoms with E-state index in [9.17, 15) is 10.2 Å². The number of hydrogen-bond donors (Lipinski definition) is 2. The molecule has 0 aromatic carbocycles. The molecular weight excluding hydrogens is 202 g/mol. The third kappa shape index (κ3) is 3.72. The summed E-state index contributed by atoms with van der Waals surface area (Å²) in [7, 11) is 0. The van der Waals surface area contributed by atoms with Crippen molar-refractivity contribution in [2.75, 3.05) is 19.7 Å². The highest BCUT2D eigenvalue weighted by Crippen LogP contribution is 2.26. The predicted octanol–water partition coefficient (Wildman–Crippen LogP) is 1.63. The number of aliphatic hydroxyl groups excluding tert-OH is 2. The van der Waals surface area contributed by atoms with Crippen LogP contribution in [0.15, 0.2) is 0 Å². The van der Waals surface area contributed by atoms with Crippen molar-refractivity contribution >= 4 is 0 Å². The Balaban J connectivity index is 2.61. The van der Waals surface area contributed by atoms with Crippen molar-refractivity contribution in [1.29, 1.82) is 0 Å². The third-order valence-electron chi connectivity index (χ3n) is 3.95. The minimum absolute atomic E-state index is 0.0994. The fourth-order valence-corrected chi connectivity index (χ4v) is 2.31. The van der Waals surface area contributed by atoms with Crippen molar-refractivity contribution in [3.8, 4) is 0 Å². The van der Waals surface area contributed by atoms with Crippen LogP contribution in [0.2, 0.25) is 0 Å². The molecule has 2 unspecified atom stereocenters. The van der Waals surface area contributed by atoms with Crippen LogP contribution in [0.5, 0.6) is 0 Å². The van der Waals surface area contributed by atoms with Gasteiger partial charge in [-0.05, 0) is 26.3 Å². The van der Waals surface area contributed by atoms with E-state index in [-0.39, 0.29) is 18.1 Å². The SMILES string of the molecule is CC(O)C(C)(C)CN1CCCCCC1CO. The molecule has 2 atom stereocenters. The molecule has 3 nitrogen and oxygen atoms in total. The minimum atomic E-state index is -0.310. The molecule has 2 N–H and O–H groups in total. The van der Waals surface area contributed by atoms with Crippen molar-refractivity contribution in [2.45, 2.75) is 58.6 Å². The molecule has 1 aliphatic heterocycles. The van der Waals surface area contributed by atoms with Gasteiger partial charge in [0.1, 0.15) is 0 Å². The lowest BCUT2D eigenvalue weighted by molar-refractivity contribution is 0.0129. The Kier molecular flexibility index (Phi) is 5.22. The molecule has 16 heavy (non-hydrogen) atoms. The van der Waals surface area contributed by atoms with Crippen molar-refractivity contribution in [1.82, 2.24) is 4.90 Å². The lowest BCUT2D eigenvalue weighted by Gasteiger charge is -2.37. The molecule has 0 aromatic heterocycles. The first-order valence-electron chi connectivity index (χ1n) is 6.50. The van der Waals surface area contributed by atoms with E-state index >= 15 is 0 Å². The van der Waals surface area contributed by atoms with E-state index in [0.29, 0.717) is 6.04 Å². The molecule has 1 rings (SSSR count). The molecule has 0 bridgehead atoms. The van der Waals surface area contributed by atoms with Gasteiger partial charge in [0.2, 0.25) is 0 Å². The summed E-state index contributed by atoms with van der Waals surface area (Å²) in [6.07, 6.45) is 4.48. The van der Waals surface area contributed by atoms with Crippen molar-refractivity contribution in [2.24, 2.45) is 5.41 Å². The number of rotatable bonds is 4. The Bertz CT molecular complexity index is 204. The number of likely N-dealkylation sites (tertiary alicyclic amines) is 1. The highest BCUT2D eigenvalue weighted by atomic mass is 16.3. The van der Waals surface area contributed by atoms with Crippen LogP contribution >= 0.6 is 0 Å². The van der Waals surface area contributed by atoms with Gasteiger partial charge in [-0.1, -0.05) is 26.7 Å². The Morgan fingerprint density at radius 3 is 2.56 bits per heavy atom. The van der Waals surface area contributed by atoms with E-state index < -0.39 is 0 Å². The summed E-state index contributed by atoms with van der Waals surface area (Å²) in [5, 5.41) is 19.2. The lowest BCUT2D eigenvalue weighted by atomic mass is 9.86. The maximum atomic E-state index is 9.75. The Morgan fingerprint density at radius 2 is 2.00 bits per heavy atom. The summed E-state index contributed by atoms with van der Waals surface area (Å²) < 4.78 is 0. The zero-order valence-electron chi connectivity index (χ0n) is 10.9. The number of nitrogens with zero attached hydrogens (tertiary/aromatic N) is 1. The van der Waals surface area contributed by atoms with Crippen LogP contribution in [-0.4, -0.2) is 47.0 Å². The van der Waals surface area contributed by atoms with Crippen molar-refractivity contribution in [3.63, 3.8) is 0 Å². The Morgan fingerprint density at radius 1 is 1.31 bits per heavy atom. The Labute approximate surface area is 99.5 Å². The summed E-state index contributed by atoms with van der Waals surface area (Å²) >= 11 is 0. The van der Waals surface area contributed by atoms with Crippen LogP contribution in [0.25, 0.3) is 0 Å². The zero-order valence-corrected chi connectivity index (χ0v) is 10.9. The van der Waals surface area contributed by atoms with Crippen molar-refractivity contribution < 1.29 is 10.2 Å². The summed E-state index contributed by atoms with van der Waals surface area (Å²) in [6.45, 7) is 8.22. The van der Waals surface area contributed by atoms with Gasteiger partial charge < -0.3 is 10.2 Å². The van der Waals surface area contributed by atoms with Gasteiger partial charge in [-0.15, -0.1) is 0 Å². The van der Waals surface area contributed by atoms with E-state index in [1.807, 2.05) is 6.92 Å². The first-order valence-corrected chi connectivity index (χ1v) is 6.50. The van der Waals surface area contributed by atoms with Gasteiger partial charge in [0.15, 0.2) is 0 Å². The molecule has 0 aromatic rings. The maximum absolute atomic E-state index is 9.75. The number of aliphatic hydroxyl groups is 2. The first kappa shape index (κ1) is 13.9. The fraction of sp³-hybridized carbons (Fsp3) is 1.00. The topological polar surface area (TPSA) is 43.7 Å². The maximum Gasteiger partial charge on any atom is 0.0586 e.